The number of carbonyl (C=O) groups is 1. The fourth-order valence-electron chi connectivity index (χ4n) is 3.85. The van der Waals surface area contributed by atoms with Crippen LogP contribution in [0.1, 0.15) is 27.3 Å². The number of hydrogen-bond acceptors (Lipinski definition) is 6. The highest BCUT2D eigenvalue weighted by atomic mass is 16.5. The number of fused-ring (bicyclic) bond motifs is 1. The van der Waals surface area contributed by atoms with Crippen LogP contribution in [0.2, 0.25) is 0 Å². The molecule has 0 saturated carbocycles. The van der Waals surface area contributed by atoms with Crippen LogP contribution in [-0.4, -0.2) is 59.0 Å². The number of H-pyrrole nitrogens is 1. The van der Waals surface area contributed by atoms with Gasteiger partial charge in [-0.25, -0.2) is 9.78 Å². The van der Waals surface area contributed by atoms with Gasteiger partial charge in [-0.1, -0.05) is 24.3 Å². The molecule has 0 aliphatic carbocycles. The van der Waals surface area contributed by atoms with Crippen molar-refractivity contribution in [3.8, 4) is 0 Å². The third-order valence-electron chi connectivity index (χ3n) is 5.67. The second-order valence-corrected chi connectivity index (χ2v) is 7.71. The van der Waals surface area contributed by atoms with Gasteiger partial charge in [0.2, 0.25) is 0 Å². The van der Waals surface area contributed by atoms with E-state index >= 15 is 0 Å². The van der Waals surface area contributed by atoms with E-state index in [-0.39, 0.29) is 5.56 Å². The molecule has 1 saturated heterocycles. The Morgan fingerprint density at radius 3 is 2.47 bits per heavy atom. The van der Waals surface area contributed by atoms with Crippen LogP contribution in [0.5, 0.6) is 0 Å². The molecule has 7 heteroatoms. The summed E-state index contributed by atoms with van der Waals surface area (Å²) in [5.41, 5.74) is 3.40. The van der Waals surface area contributed by atoms with Crippen molar-refractivity contribution in [2.75, 3.05) is 33.3 Å². The topological polar surface area (TPSA) is 78.5 Å². The summed E-state index contributed by atoms with van der Waals surface area (Å²) in [5.74, 6) is 0.173. The van der Waals surface area contributed by atoms with Crippen LogP contribution in [0.4, 0.5) is 0 Å². The molecule has 1 fully saturated rings. The lowest BCUT2D eigenvalue weighted by Crippen LogP contribution is -2.45. The molecule has 1 N–H and O–H groups in total. The van der Waals surface area contributed by atoms with Crippen LogP contribution in [-0.2, 0) is 17.8 Å². The minimum atomic E-state index is -0.440. The normalized spacial score (nSPS) is 15.4. The van der Waals surface area contributed by atoms with Crippen LogP contribution in [0.25, 0.3) is 10.9 Å². The number of carbonyl (C=O) groups excluding carboxylic acids is 1. The van der Waals surface area contributed by atoms with Gasteiger partial charge in [0.25, 0.3) is 5.56 Å². The molecule has 4 rings (SSSR count). The minimum Gasteiger partial charge on any atom is -0.465 e. The molecule has 1 aromatic heterocycles. The molecule has 0 unspecified atom stereocenters. The Morgan fingerprint density at radius 2 is 1.77 bits per heavy atom. The maximum Gasteiger partial charge on any atom is 0.337 e. The number of hydrogen-bond donors (Lipinski definition) is 1. The van der Waals surface area contributed by atoms with Gasteiger partial charge in [-0.3, -0.25) is 14.6 Å². The summed E-state index contributed by atoms with van der Waals surface area (Å²) in [6.45, 7) is 7.45. The SMILES string of the molecule is COC(=O)c1ccc2c(=O)[nH]c(CN3CCN(Cc4ccccc4C)CC3)nc2c1. The molecule has 2 heterocycles. The zero-order valence-electron chi connectivity index (χ0n) is 17.4. The largest absolute Gasteiger partial charge is 0.465 e. The molecule has 0 radical (unpaired) electrons. The standard InChI is InChI=1S/C23H26N4O3/c1-16-5-3-4-6-18(16)14-26-9-11-27(12-10-26)15-21-24-20-13-17(23(29)30-2)7-8-19(20)22(28)25-21/h3-8,13H,9-12,14-15H2,1-2H3,(H,24,25,28). The van der Waals surface area contributed by atoms with E-state index in [9.17, 15) is 9.59 Å². The van der Waals surface area contributed by atoms with Crippen molar-refractivity contribution >= 4 is 16.9 Å². The van der Waals surface area contributed by atoms with E-state index in [0.717, 1.165) is 32.7 Å². The molecule has 156 valence electrons. The number of ether oxygens (including phenoxy) is 1. The summed E-state index contributed by atoms with van der Waals surface area (Å²) in [6.07, 6.45) is 0. The minimum absolute atomic E-state index is 0.190. The Hall–Kier alpha value is -3.03. The van der Waals surface area contributed by atoms with Crippen LogP contribution in [0.3, 0.4) is 0 Å². The lowest BCUT2D eigenvalue weighted by atomic mass is 10.1. The lowest BCUT2D eigenvalue weighted by Gasteiger charge is -2.34. The number of aryl methyl sites for hydroxylation is 1. The fraction of sp³-hybridized carbons (Fsp3) is 0.348. The first-order chi connectivity index (χ1) is 14.5. The molecule has 1 aliphatic heterocycles. The van der Waals surface area contributed by atoms with Crippen LogP contribution >= 0.6 is 0 Å². The van der Waals surface area contributed by atoms with E-state index in [1.165, 1.54) is 18.2 Å². The second kappa shape index (κ2) is 8.77. The number of rotatable bonds is 5. The second-order valence-electron chi connectivity index (χ2n) is 7.71. The number of aromatic nitrogens is 2. The van der Waals surface area contributed by atoms with Crippen molar-refractivity contribution < 1.29 is 9.53 Å². The van der Waals surface area contributed by atoms with Gasteiger partial charge in [-0.05, 0) is 36.2 Å². The molecular weight excluding hydrogens is 380 g/mol. The first kappa shape index (κ1) is 20.3. The molecule has 7 nitrogen and oxygen atoms in total. The van der Waals surface area contributed by atoms with E-state index in [1.807, 2.05) is 0 Å². The van der Waals surface area contributed by atoms with Crippen molar-refractivity contribution in [3.63, 3.8) is 0 Å². The number of nitrogens with zero attached hydrogens (tertiary/aromatic N) is 3. The Balaban J connectivity index is 1.43. The average molecular weight is 406 g/mol. The van der Waals surface area contributed by atoms with Gasteiger partial charge in [0.05, 0.1) is 30.1 Å². The van der Waals surface area contributed by atoms with Crippen molar-refractivity contribution in [3.05, 3.63) is 75.3 Å². The number of piperazine rings is 1. The lowest BCUT2D eigenvalue weighted by molar-refractivity contribution is 0.0601. The predicted molar refractivity (Wildman–Crippen MR) is 115 cm³/mol. The van der Waals surface area contributed by atoms with Crippen molar-refractivity contribution in [1.82, 2.24) is 19.8 Å². The molecule has 0 bridgehead atoms. The fourth-order valence-corrected chi connectivity index (χ4v) is 3.85. The molecule has 0 spiro atoms. The van der Waals surface area contributed by atoms with E-state index in [0.29, 0.717) is 28.8 Å². The van der Waals surface area contributed by atoms with Gasteiger partial charge in [-0.15, -0.1) is 0 Å². The Kier molecular flexibility index (Phi) is 5.92. The summed E-state index contributed by atoms with van der Waals surface area (Å²) >= 11 is 0. The van der Waals surface area contributed by atoms with E-state index in [4.69, 9.17) is 4.74 Å². The van der Waals surface area contributed by atoms with Gasteiger partial charge in [0, 0.05) is 32.7 Å². The quantitative estimate of drug-likeness (QED) is 0.656. The van der Waals surface area contributed by atoms with Crippen LogP contribution in [0.15, 0.2) is 47.3 Å². The monoisotopic (exact) mass is 406 g/mol. The third kappa shape index (κ3) is 4.42. The number of methoxy groups -OCH3 is 1. The van der Waals surface area contributed by atoms with Crippen molar-refractivity contribution in [2.24, 2.45) is 0 Å². The van der Waals surface area contributed by atoms with Crippen LogP contribution < -0.4 is 5.56 Å². The van der Waals surface area contributed by atoms with E-state index in [2.05, 4.69) is 51.0 Å². The molecule has 1 aliphatic rings. The molecule has 0 atom stereocenters. The van der Waals surface area contributed by atoms with Gasteiger partial charge >= 0.3 is 5.97 Å². The molecule has 0 amide bonds. The highest BCUT2D eigenvalue weighted by Crippen LogP contribution is 2.15. The number of aromatic amines is 1. The van der Waals surface area contributed by atoms with E-state index < -0.39 is 5.97 Å². The van der Waals surface area contributed by atoms with Crippen LogP contribution in [0, 0.1) is 6.92 Å². The maximum atomic E-state index is 12.4. The number of nitrogens with one attached hydrogen (secondary N) is 1. The predicted octanol–water partition coefficient (Wildman–Crippen LogP) is 2.34. The Morgan fingerprint density at radius 1 is 1.07 bits per heavy atom. The summed E-state index contributed by atoms with van der Waals surface area (Å²) in [6, 6.07) is 13.3. The van der Waals surface area contributed by atoms with Crippen molar-refractivity contribution in [1.29, 1.82) is 0 Å². The molecule has 2 aromatic carbocycles. The zero-order chi connectivity index (χ0) is 21.1. The summed E-state index contributed by atoms with van der Waals surface area (Å²) < 4.78 is 4.76. The molecule has 3 aromatic rings. The number of esters is 1. The molecule has 30 heavy (non-hydrogen) atoms. The highest BCUT2D eigenvalue weighted by molar-refractivity contribution is 5.93. The first-order valence-corrected chi connectivity index (χ1v) is 10.1. The summed E-state index contributed by atoms with van der Waals surface area (Å²) in [5, 5.41) is 0.467. The smallest absolute Gasteiger partial charge is 0.337 e. The third-order valence-corrected chi connectivity index (χ3v) is 5.67. The van der Waals surface area contributed by atoms with Gasteiger partial charge in [0.1, 0.15) is 5.82 Å². The highest BCUT2D eigenvalue weighted by Gasteiger charge is 2.19. The Bertz CT molecular complexity index is 1120. The van der Waals surface area contributed by atoms with Crippen molar-refractivity contribution in [2.45, 2.75) is 20.0 Å². The first-order valence-electron chi connectivity index (χ1n) is 10.1. The maximum absolute atomic E-state index is 12.4. The Labute approximate surface area is 175 Å². The van der Waals surface area contributed by atoms with Gasteiger partial charge < -0.3 is 9.72 Å². The zero-order valence-corrected chi connectivity index (χ0v) is 17.4. The summed E-state index contributed by atoms with van der Waals surface area (Å²) in [7, 11) is 1.34. The van der Waals surface area contributed by atoms with Gasteiger partial charge in [0.15, 0.2) is 0 Å². The van der Waals surface area contributed by atoms with Gasteiger partial charge in [-0.2, -0.15) is 0 Å². The van der Waals surface area contributed by atoms with E-state index in [1.54, 1.807) is 18.2 Å². The summed E-state index contributed by atoms with van der Waals surface area (Å²) in [4.78, 5) is 36.4. The number of benzene rings is 2. The molecular formula is C23H26N4O3. The average Bonchev–Trinajstić information content (AvgIpc) is 2.75.